The third kappa shape index (κ3) is 2.33. The van der Waals surface area contributed by atoms with E-state index in [0.29, 0.717) is 11.5 Å². The summed E-state index contributed by atoms with van der Waals surface area (Å²) in [5.41, 5.74) is 8.71. The summed E-state index contributed by atoms with van der Waals surface area (Å²) in [6.07, 6.45) is 2.46. The number of carbonyl (C=O) groups excluding carboxylic acids is 1. The number of halogens is 1. The van der Waals surface area contributed by atoms with Gasteiger partial charge in [0.05, 0.1) is 5.56 Å². The molecule has 1 amide bonds. The van der Waals surface area contributed by atoms with Gasteiger partial charge in [-0.15, -0.1) is 0 Å². The van der Waals surface area contributed by atoms with Crippen LogP contribution in [0.15, 0.2) is 30.3 Å². The Morgan fingerprint density at radius 1 is 1.35 bits per heavy atom. The summed E-state index contributed by atoms with van der Waals surface area (Å²) in [6, 6.07) is 8.15. The van der Waals surface area contributed by atoms with E-state index >= 15 is 0 Å². The van der Waals surface area contributed by atoms with Gasteiger partial charge < -0.3 is 10.3 Å². The lowest BCUT2D eigenvalue weighted by atomic mass is 10.1. The fraction of sp³-hybridized carbons (Fsp3) is 0.312. The molecule has 3 rings (SSSR count). The zero-order valence-corrected chi connectivity index (χ0v) is 11.4. The third-order valence-corrected chi connectivity index (χ3v) is 3.91. The number of benzene rings is 1. The summed E-state index contributed by atoms with van der Waals surface area (Å²) in [4.78, 5) is 11.5. The molecular formula is C16H17FN2O. The average Bonchev–Trinajstić information content (AvgIpc) is 3.16. The van der Waals surface area contributed by atoms with Crippen LogP contribution in [0.4, 0.5) is 4.39 Å². The van der Waals surface area contributed by atoms with Crippen molar-refractivity contribution in [2.24, 2.45) is 11.7 Å². The van der Waals surface area contributed by atoms with E-state index in [1.807, 2.05) is 13.0 Å². The molecule has 1 aromatic heterocycles. The molecule has 20 heavy (non-hydrogen) atoms. The molecule has 1 aliphatic carbocycles. The predicted molar refractivity (Wildman–Crippen MR) is 75.8 cm³/mol. The van der Waals surface area contributed by atoms with Crippen LogP contribution in [0.3, 0.4) is 0 Å². The summed E-state index contributed by atoms with van der Waals surface area (Å²) in [5.74, 6) is 0.00216. The van der Waals surface area contributed by atoms with Crippen molar-refractivity contribution in [1.29, 1.82) is 0 Å². The number of nitrogens with two attached hydrogens (primary N) is 1. The molecule has 1 fully saturated rings. The van der Waals surface area contributed by atoms with Crippen LogP contribution in [0.1, 0.15) is 28.9 Å². The fourth-order valence-electron chi connectivity index (χ4n) is 2.55. The van der Waals surface area contributed by atoms with Crippen molar-refractivity contribution >= 4 is 5.91 Å². The topological polar surface area (TPSA) is 48.0 Å². The molecule has 1 saturated carbocycles. The summed E-state index contributed by atoms with van der Waals surface area (Å²) in [6.45, 7) is 2.81. The number of carbonyl (C=O) groups is 1. The molecule has 0 atom stereocenters. The van der Waals surface area contributed by atoms with Crippen molar-refractivity contribution in [2.45, 2.75) is 26.3 Å². The van der Waals surface area contributed by atoms with Crippen LogP contribution in [0.25, 0.3) is 11.3 Å². The molecule has 2 aromatic rings. The third-order valence-electron chi connectivity index (χ3n) is 3.91. The smallest absolute Gasteiger partial charge is 0.250 e. The Balaban J connectivity index is 2.09. The maximum absolute atomic E-state index is 13.1. The number of amides is 1. The maximum Gasteiger partial charge on any atom is 0.250 e. The van der Waals surface area contributed by atoms with Crippen molar-refractivity contribution in [3.63, 3.8) is 0 Å². The van der Waals surface area contributed by atoms with Gasteiger partial charge in [0.2, 0.25) is 0 Å². The molecule has 1 heterocycles. The summed E-state index contributed by atoms with van der Waals surface area (Å²) >= 11 is 0. The van der Waals surface area contributed by atoms with E-state index in [2.05, 4.69) is 4.57 Å². The van der Waals surface area contributed by atoms with Crippen LogP contribution in [0.2, 0.25) is 0 Å². The number of hydrogen-bond donors (Lipinski definition) is 1. The lowest BCUT2D eigenvalue weighted by Crippen LogP contribution is -2.12. The Morgan fingerprint density at radius 2 is 2.00 bits per heavy atom. The quantitative estimate of drug-likeness (QED) is 0.913. The monoisotopic (exact) mass is 272 g/mol. The Kier molecular flexibility index (Phi) is 3.08. The summed E-state index contributed by atoms with van der Waals surface area (Å²) < 4.78 is 15.2. The van der Waals surface area contributed by atoms with Crippen LogP contribution in [0, 0.1) is 18.7 Å². The van der Waals surface area contributed by atoms with Crippen LogP contribution in [-0.2, 0) is 6.54 Å². The molecule has 0 aliphatic heterocycles. The van der Waals surface area contributed by atoms with Gasteiger partial charge in [0.1, 0.15) is 5.82 Å². The Labute approximate surface area is 117 Å². The highest BCUT2D eigenvalue weighted by Crippen LogP contribution is 2.34. The van der Waals surface area contributed by atoms with Gasteiger partial charge >= 0.3 is 0 Å². The number of nitrogens with zero attached hydrogens (tertiary/aromatic N) is 1. The lowest BCUT2D eigenvalue weighted by Gasteiger charge is -2.11. The lowest BCUT2D eigenvalue weighted by molar-refractivity contribution is 0.0999. The van der Waals surface area contributed by atoms with Gasteiger partial charge in [-0.1, -0.05) is 0 Å². The van der Waals surface area contributed by atoms with E-state index in [0.717, 1.165) is 23.5 Å². The fourth-order valence-corrected chi connectivity index (χ4v) is 2.55. The van der Waals surface area contributed by atoms with Crippen molar-refractivity contribution in [3.05, 3.63) is 47.4 Å². The van der Waals surface area contributed by atoms with Gasteiger partial charge in [0, 0.05) is 17.9 Å². The van der Waals surface area contributed by atoms with Gasteiger partial charge in [-0.2, -0.15) is 0 Å². The first-order chi connectivity index (χ1) is 9.56. The molecule has 4 heteroatoms. The molecule has 0 saturated heterocycles. The molecule has 1 aliphatic rings. The van der Waals surface area contributed by atoms with E-state index in [1.54, 1.807) is 12.1 Å². The van der Waals surface area contributed by atoms with E-state index in [-0.39, 0.29) is 5.82 Å². The van der Waals surface area contributed by atoms with E-state index in [4.69, 9.17) is 5.73 Å². The first-order valence-electron chi connectivity index (χ1n) is 6.82. The Hall–Kier alpha value is -2.10. The number of primary amides is 1. The molecule has 0 bridgehead atoms. The minimum Gasteiger partial charge on any atom is -0.366 e. The predicted octanol–water partition coefficient (Wildman–Crippen LogP) is 3.11. The highest BCUT2D eigenvalue weighted by molar-refractivity contribution is 5.95. The minimum absolute atomic E-state index is 0.263. The van der Waals surface area contributed by atoms with E-state index < -0.39 is 5.91 Å². The SMILES string of the molecule is Cc1c(C(N)=O)cc(-c2ccc(F)cc2)n1CC1CC1. The molecule has 1 aromatic carbocycles. The highest BCUT2D eigenvalue weighted by Gasteiger charge is 2.25. The zero-order valence-electron chi connectivity index (χ0n) is 11.4. The molecule has 2 N–H and O–H groups in total. The second kappa shape index (κ2) is 4.78. The second-order valence-corrected chi connectivity index (χ2v) is 5.45. The second-order valence-electron chi connectivity index (χ2n) is 5.45. The highest BCUT2D eigenvalue weighted by atomic mass is 19.1. The molecule has 3 nitrogen and oxygen atoms in total. The van der Waals surface area contributed by atoms with Crippen molar-refractivity contribution in [2.75, 3.05) is 0 Å². The van der Waals surface area contributed by atoms with E-state index in [9.17, 15) is 9.18 Å². The summed E-state index contributed by atoms with van der Waals surface area (Å²) in [5, 5.41) is 0. The van der Waals surface area contributed by atoms with Crippen LogP contribution < -0.4 is 5.73 Å². The standard InChI is InChI=1S/C16H17FN2O/c1-10-14(16(18)20)8-15(19(10)9-11-2-3-11)12-4-6-13(17)7-5-12/h4-8,11H,2-3,9H2,1H3,(H2,18,20). The van der Waals surface area contributed by atoms with Crippen LogP contribution in [-0.4, -0.2) is 10.5 Å². The van der Waals surface area contributed by atoms with Crippen molar-refractivity contribution in [1.82, 2.24) is 4.57 Å². The molecular weight excluding hydrogens is 255 g/mol. The average molecular weight is 272 g/mol. The largest absolute Gasteiger partial charge is 0.366 e. The summed E-state index contributed by atoms with van der Waals surface area (Å²) in [7, 11) is 0. The van der Waals surface area contributed by atoms with Crippen LogP contribution in [0.5, 0.6) is 0 Å². The normalized spacial score (nSPS) is 14.5. The van der Waals surface area contributed by atoms with Crippen molar-refractivity contribution in [3.8, 4) is 11.3 Å². The zero-order chi connectivity index (χ0) is 14.3. The Bertz CT molecular complexity index is 654. The first kappa shape index (κ1) is 12.9. The van der Waals surface area contributed by atoms with Crippen molar-refractivity contribution < 1.29 is 9.18 Å². The van der Waals surface area contributed by atoms with Gasteiger partial charge in [-0.3, -0.25) is 4.79 Å². The van der Waals surface area contributed by atoms with Gasteiger partial charge in [0.15, 0.2) is 0 Å². The number of rotatable bonds is 4. The maximum atomic E-state index is 13.1. The van der Waals surface area contributed by atoms with Crippen LogP contribution >= 0.6 is 0 Å². The number of aromatic nitrogens is 1. The molecule has 104 valence electrons. The van der Waals surface area contributed by atoms with Gasteiger partial charge in [-0.25, -0.2) is 4.39 Å². The number of hydrogen-bond acceptors (Lipinski definition) is 1. The molecule has 0 spiro atoms. The molecule has 0 radical (unpaired) electrons. The van der Waals surface area contributed by atoms with Gasteiger partial charge in [-0.05, 0) is 61.6 Å². The Morgan fingerprint density at radius 3 is 2.55 bits per heavy atom. The first-order valence-corrected chi connectivity index (χ1v) is 6.82. The van der Waals surface area contributed by atoms with Gasteiger partial charge in [0.25, 0.3) is 5.91 Å². The van der Waals surface area contributed by atoms with E-state index in [1.165, 1.54) is 25.0 Å². The molecule has 0 unspecified atom stereocenters. The minimum atomic E-state index is -0.416.